The zero-order valence-electron chi connectivity index (χ0n) is 10.8. The number of hydrogen-bond donors (Lipinski definition) is 1. The first-order chi connectivity index (χ1) is 8.85. The van der Waals surface area contributed by atoms with Crippen molar-refractivity contribution < 1.29 is 17.9 Å². The molecule has 0 aliphatic heterocycles. The first-order valence-corrected chi connectivity index (χ1v) is 7.71. The SMILES string of the molecule is COC(=O)CCCS(=O)(=O)Nc1cccc(C)c1Cl. The fourth-order valence-electron chi connectivity index (χ4n) is 1.45. The van der Waals surface area contributed by atoms with E-state index in [0.29, 0.717) is 10.7 Å². The summed E-state index contributed by atoms with van der Waals surface area (Å²) in [6.07, 6.45) is 0.268. The molecule has 106 valence electrons. The summed E-state index contributed by atoms with van der Waals surface area (Å²) in [5.74, 6) is -0.587. The quantitative estimate of drug-likeness (QED) is 0.819. The molecule has 7 heteroatoms. The van der Waals surface area contributed by atoms with Crippen molar-refractivity contribution in [3.05, 3.63) is 28.8 Å². The number of methoxy groups -OCH3 is 1. The summed E-state index contributed by atoms with van der Waals surface area (Å²) in [5, 5.41) is 0.374. The van der Waals surface area contributed by atoms with Crippen molar-refractivity contribution in [1.82, 2.24) is 0 Å². The largest absolute Gasteiger partial charge is 0.469 e. The van der Waals surface area contributed by atoms with Gasteiger partial charge in [0.25, 0.3) is 0 Å². The van der Waals surface area contributed by atoms with Gasteiger partial charge in [-0.1, -0.05) is 23.7 Å². The van der Waals surface area contributed by atoms with Gasteiger partial charge in [-0.3, -0.25) is 9.52 Å². The van der Waals surface area contributed by atoms with E-state index in [4.69, 9.17) is 11.6 Å². The third kappa shape index (κ3) is 5.08. The molecular weight excluding hydrogens is 290 g/mol. The normalized spacial score (nSPS) is 11.1. The lowest BCUT2D eigenvalue weighted by atomic mass is 10.2. The Morgan fingerprint density at radius 3 is 2.74 bits per heavy atom. The molecule has 1 aromatic carbocycles. The lowest BCUT2D eigenvalue weighted by Crippen LogP contribution is -2.18. The topological polar surface area (TPSA) is 72.5 Å². The van der Waals surface area contributed by atoms with Crippen LogP contribution >= 0.6 is 11.6 Å². The highest BCUT2D eigenvalue weighted by Crippen LogP contribution is 2.26. The van der Waals surface area contributed by atoms with E-state index in [1.165, 1.54) is 7.11 Å². The van der Waals surface area contributed by atoms with E-state index in [2.05, 4.69) is 9.46 Å². The molecule has 0 heterocycles. The van der Waals surface area contributed by atoms with Crippen LogP contribution in [-0.2, 0) is 19.6 Å². The number of benzene rings is 1. The van der Waals surface area contributed by atoms with Gasteiger partial charge in [0, 0.05) is 6.42 Å². The number of rotatable bonds is 6. The van der Waals surface area contributed by atoms with Gasteiger partial charge in [-0.25, -0.2) is 8.42 Å². The predicted molar refractivity (Wildman–Crippen MR) is 74.8 cm³/mol. The van der Waals surface area contributed by atoms with E-state index < -0.39 is 16.0 Å². The smallest absolute Gasteiger partial charge is 0.305 e. The summed E-state index contributed by atoms with van der Waals surface area (Å²) in [7, 11) is -2.25. The molecule has 0 saturated carbocycles. The second kappa shape index (κ2) is 6.77. The van der Waals surface area contributed by atoms with Crippen LogP contribution in [0.25, 0.3) is 0 Å². The first-order valence-electron chi connectivity index (χ1n) is 5.68. The molecule has 0 saturated heterocycles. The molecule has 0 aliphatic rings. The molecule has 0 unspecified atom stereocenters. The minimum Gasteiger partial charge on any atom is -0.469 e. The van der Waals surface area contributed by atoms with Gasteiger partial charge in [0.1, 0.15) is 0 Å². The molecular formula is C12H16ClNO4S. The van der Waals surface area contributed by atoms with Crippen LogP contribution in [-0.4, -0.2) is 27.2 Å². The highest BCUT2D eigenvalue weighted by Gasteiger charge is 2.14. The Morgan fingerprint density at radius 2 is 2.11 bits per heavy atom. The van der Waals surface area contributed by atoms with Gasteiger partial charge in [-0.2, -0.15) is 0 Å². The Morgan fingerprint density at radius 1 is 1.42 bits per heavy atom. The van der Waals surface area contributed by atoms with Crippen LogP contribution in [0.5, 0.6) is 0 Å². The Hall–Kier alpha value is -1.27. The highest BCUT2D eigenvalue weighted by molar-refractivity contribution is 7.92. The molecule has 0 amide bonds. The van der Waals surface area contributed by atoms with Crippen LogP contribution < -0.4 is 4.72 Å². The van der Waals surface area contributed by atoms with E-state index in [1.54, 1.807) is 25.1 Å². The second-order valence-electron chi connectivity index (χ2n) is 4.04. The average molecular weight is 306 g/mol. The summed E-state index contributed by atoms with van der Waals surface area (Å²) in [4.78, 5) is 10.9. The van der Waals surface area contributed by atoms with Crippen molar-refractivity contribution in [3.8, 4) is 0 Å². The Labute approximate surface area is 118 Å². The minimum atomic E-state index is -3.52. The molecule has 1 aromatic rings. The zero-order valence-corrected chi connectivity index (χ0v) is 12.3. The molecule has 0 atom stereocenters. The number of aryl methyl sites for hydroxylation is 1. The van der Waals surface area contributed by atoms with Gasteiger partial charge in [0.05, 0.1) is 23.6 Å². The highest BCUT2D eigenvalue weighted by atomic mass is 35.5. The van der Waals surface area contributed by atoms with Crippen molar-refractivity contribution in [2.24, 2.45) is 0 Å². The van der Waals surface area contributed by atoms with Crippen molar-refractivity contribution in [2.75, 3.05) is 17.6 Å². The van der Waals surface area contributed by atoms with Gasteiger partial charge in [0.15, 0.2) is 0 Å². The van der Waals surface area contributed by atoms with Crippen LogP contribution in [0.15, 0.2) is 18.2 Å². The molecule has 0 aliphatic carbocycles. The number of carbonyl (C=O) groups is 1. The van der Waals surface area contributed by atoms with E-state index in [1.807, 2.05) is 0 Å². The Balaban J connectivity index is 2.64. The van der Waals surface area contributed by atoms with Crippen molar-refractivity contribution in [3.63, 3.8) is 0 Å². The fraction of sp³-hybridized carbons (Fsp3) is 0.417. The average Bonchev–Trinajstić information content (AvgIpc) is 2.34. The molecule has 0 bridgehead atoms. The number of anilines is 1. The Kier molecular flexibility index (Phi) is 5.62. The summed E-state index contributed by atoms with van der Waals surface area (Å²) in [5.41, 5.74) is 1.14. The fourth-order valence-corrected chi connectivity index (χ4v) is 2.81. The third-order valence-corrected chi connectivity index (χ3v) is 4.34. The lowest BCUT2D eigenvalue weighted by molar-refractivity contribution is -0.140. The Bertz CT molecular complexity index is 557. The third-order valence-electron chi connectivity index (χ3n) is 2.48. The van der Waals surface area contributed by atoms with E-state index in [-0.39, 0.29) is 18.6 Å². The van der Waals surface area contributed by atoms with E-state index in [0.717, 1.165) is 5.56 Å². The standard InChI is InChI=1S/C12H16ClNO4S/c1-9-5-3-6-10(12(9)13)14-19(16,17)8-4-7-11(15)18-2/h3,5-6,14H,4,7-8H2,1-2H3. The van der Waals surface area contributed by atoms with Gasteiger partial charge in [-0.15, -0.1) is 0 Å². The lowest BCUT2D eigenvalue weighted by Gasteiger charge is -2.10. The molecule has 0 spiro atoms. The van der Waals surface area contributed by atoms with Crippen molar-refractivity contribution in [1.29, 1.82) is 0 Å². The summed E-state index contributed by atoms with van der Waals surface area (Å²) in [6, 6.07) is 5.10. The first kappa shape index (κ1) is 15.8. The molecule has 0 radical (unpaired) electrons. The van der Waals surface area contributed by atoms with Crippen LogP contribution in [0, 0.1) is 6.92 Å². The maximum atomic E-state index is 11.8. The van der Waals surface area contributed by atoms with Gasteiger partial charge in [0.2, 0.25) is 10.0 Å². The number of halogens is 1. The van der Waals surface area contributed by atoms with Gasteiger partial charge < -0.3 is 4.74 Å². The van der Waals surface area contributed by atoms with Gasteiger partial charge in [-0.05, 0) is 25.0 Å². The zero-order chi connectivity index (χ0) is 14.5. The van der Waals surface area contributed by atoms with Crippen LogP contribution in [0.2, 0.25) is 5.02 Å². The maximum Gasteiger partial charge on any atom is 0.305 e. The molecule has 0 fully saturated rings. The van der Waals surface area contributed by atoms with Crippen LogP contribution in [0.1, 0.15) is 18.4 Å². The monoisotopic (exact) mass is 305 g/mol. The number of sulfonamides is 1. The number of hydrogen-bond acceptors (Lipinski definition) is 4. The molecule has 5 nitrogen and oxygen atoms in total. The summed E-state index contributed by atoms with van der Waals surface area (Å²) in [6.45, 7) is 1.79. The van der Waals surface area contributed by atoms with E-state index in [9.17, 15) is 13.2 Å². The molecule has 19 heavy (non-hydrogen) atoms. The predicted octanol–water partition coefficient (Wildman–Crippen LogP) is 2.34. The number of esters is 1. The van der Waals surface area contributed by atoms with Gasteiger partial charge >= 0.3 is 5.97 Å². The van der Waals surface area contributed by atoms with Crippen molar-refractivity contribution in [2.45, 2.75) is 19.8 Å². The summed E-state index contributed by atoms with van der Waals surface area (Å²) >= 11 is 6.01. The van der Waals surface area contributed by atoms with E-state index >= 15 is 0 Å². The minimum absolute atomic E-state index is 0.0684. The molecule has 0 aromatic heterocycles. The number of nitrogens with one attached hydrogen (secondary N) is 1. The molecule has 1 rings (SSSR count). The second-order valence-corrected chi connectivity index (χ2v) is 6.26. The summed E-state index contributed by atoms with van der Waals surface area (Å²) < 4.78 is 30.5. The maximum absolute atomic E-state index is 11.8. The number of ether oxygens (including phenoxy) is 1. The van der Waals surface area contributed by atoms with Crippen molar-refractivity contribution >= 4 is 33.3 Å². The van der Waals surface area contributed by atoms with Crippen LogP contribution in [0.3, 0.4) is 0 Å². The number of carbonyl (C=O) groups excluding carboxylic acids is 1. The molecule has 1 N–H and O–H groups in total. The van der Waals surface area contributed by atoms with Crippen LogP contribution in [0.4, 0.5) is 5.69 Å².